The number of aromatic nitrogens is 4. The summed E-state index contributed by atoms with van der Waals surface area (Å²) in [7, 11) is 1.98. The summed E-state index contributed by atoms with van der Waals surface area (Å²) in [6.07, 6.45) is 10.3. The van der Waals surface area contributed by atoms with Crippen LogP contribution in [0.15, 0.2) is 24.5 Å². The Kier molecular flexibility index (Phi) is 5.23. The summed E-state index contributed by atoms with van der Waals surface area (Å²) in [4.78, 5) is 6.69. The first-order valence-corrected chi connectivity index (χ1v) is 8.89. The largest absolute Gasteiger partial charge is 0.303 e. The predicted octanol–water partition coefficient (Wildman–Crippen LogP) is 3.63. The van der Waals surface area contributed by atoms with Gasteiger partial charge in [-0.2, -0.15) is 5.10 Å². The van der Waals surface area contributed by atoms with Gasteiger partial charge in [-0.1, -0.05) is 26.2 Å². The molecule has 0 spiro atoms. The van der Waals surface area contributed by atoms with E-state index in [1.807, 2.05) is 34.6 Å². The molecule has 0 unspecified atom stereocenters. The molecular formula is C17H25N5S. The highest BCUT2D eigenvalue weighted by atomic mass is 32.1. The van der Waals surface area contributed by atoms with Gasteiger partial charge in [0.25, 0.3) is 0 Å². The molecule has 6 heteroatoms. The molecule has 2 heterocycles. The summed E-state index contributed by atoms with van der Waals surface area (Å²) in [6, 6.07) is 4.62. The van der Waals surface area contributed by atoms with Crippen molar-refractivity contribution < 1.29 is 0 Å². The van der Waals surface area contributed by atoms with Gasteiger partial charge in [-0.3, -0.25) is 9.88 Å². The van der Waals surface area contributed by atoms with Crippen LogP contribution in [0.4, 0.5) is 0 Å². The quantitative estimate of drug-likeness (QED) is 0.784. The van der Waals surface area contributed by atoms with E-state index >= 15 is 0 Å². The Hall–Kier alpha value is -1.53. The number of hydrogen-bond donors (Lipinski definition) is 0. The summed E-state index contributed by atoms with van der Waals surface area (Å²) >= 11 is 5.60. The van der Waals surface area contributed by atoms with Gasteiger partial charge in [-0.15, -0.1) is 0 Å². The van der Waals surface area contributed by atoms with Gasteiger partial charge in [0.1, 0.15) is 0 Å². The van der Waals surface area contributed by atoms with Crippen LogP contribution in [0.5, 0.6) is 0 Å². The van der Waals surface area contributed by atoms with E-state index in [-0.39, 0.29) is 0 Å². The van der Waals surface area contributed by atoms with Gasteiger partial charge >= 0.3 is 0 Å². The zero-order chi connectivity index (χ0) is 16.2. The van der Waals surface area contributed by atoms with Crippen molar-refractivity contribution in [2.45, 2.75) is 51.7 Å². The maximum absolute atomic E-state index is 5.60. The Labute approximate surface area is 143 Å². The molecule has 3 rings (SSSR count). The lowest BCUT2D eigenvalue weighted by molar-refractivity contribution is 0.119. The molecule has 0 N–H and O–H groups in total. The molecule has 0 atom stereocenters. The molecule has 1 aliphatic rings. The fraction of sp³-hybridized carbons (Fsp3) is 0.588. The van der Waals surface area contributed by atoms with E-state index < -0.39 is 0 Å². The second kappa shape index (κ2) is 7.36. The second-order valence-corrected chi connectivity index (χ2v) is 6.61. The minimum Gasteiger partial charge on any atom is -0.303 e. The van der Waals surface area contributed by atoms with Crippen molar-refractivity contribution in [3.63, 3.8) is 0 Å². The van der Waals surface area contributed by atoms with Crippen LogP contribution in [-0.4, -0.2) is 36.8 Å². The lowest BCUT2D eigenvalue weighted by Crippen LogP contribution is -2.38. The van der Waals surface area contributed by atoms with Crippen LogP contribution in [0, 0.1) is 4.77 Å². The van der Waals surface area contributed by atoms with Crippen molar-refractivity contribution >= 4 is 12.2 Å². The lowest BCUT2D eigenvalue weighted by atomic mass is 9.94. The third kappa shape index (κ3) is 3.53. The van der Waals surface area contributed by atoms with Gasteiger partial charge < -0.3 is 4.57 Å². The monoisotopic (exact) mass is 331 g/mol. The van der Waals surface area contributed by atoms with Gasteiger partial charge in [0.15, 0.2) is 10.6 Å². The maximum Gasteiger partial charge on any atom is 0.199 e. The smallest absolute Gasteiger partial charge is 0.199 e. The van der Waals surface area contributed by atoms with Crippen molar-refractivity contribution in [2.75, 3.05) is 6.54 Å². The molecule has 1 saturated carbocycles. The third-order valence-electron chi connectivity index (χ3n) is 4.77. The minimum absolute atomic E-state index is 0.666. The Morgan fingerprint density at radius 1 is 1.30 bits per heavy atom. The first-order chi connectivity index (χ1) is 11.2. The van der Waals surface area contributed by atoms with E-state index in [4.69, 9.17) is 17.3 Å². The van der Waals surface area contributed by atoms with E-state index in [9.17, 15) is 0 Å². The van der Waals surface area contributed by atoms with Crippen LogP contribution in [-0.2, 0) is 13.7 Å². The number of nitrogens with zero attached hydrogens (tertiary/aromatic N) is 5. The van der Waals surface area contributed by atoms with Crippen molar-refractivity contribution in [1.82, 2.24) is 24.2 Å². The average Bonchev–Trinajstić information content (AvgIpc) is 2.89. The summed E-state index contributed by atoms with van der Waals surface area (Å²) in [5.74, 6) is 0.878. The Morgan fingerprint density at radius 2 is 2.09 bits per heavy atom. The van der Waals surface area contributed by atoms with E-state index in [0.717, 1.165) is 29.4 Å². The van der Waals surface area contributed by atoms with Gasteiger partial charge in [-0.05, 0) is 43.7 Å². The van der Waals surface area contributed by atoms with Crippen LogP contribution in [0.1, 0.15) is 39.0 Å². The highest BCUT2D eigenvalue weighted by molar-refractivity contribution is 7.71. The first-order valence-electron chi connectivity index (χ1n) is 8.49. The molecule has 2 aromatic heterocycles. The minimum atomic E-state index is 0.666. The van der Waals surface area contributed by atoms with Gasteiger partial charge in [-0.25, -0.2) is 4.68 Å². The summed E-state index contributed by atoms with van der Waals surface area (Å²) in [6.45, 7) is 4.03. The fourth-order valence-corrected chi connectivity index (χ4v) is 3.60. The van der Waals surface area contributed by atoms with Gasteiger partial charge in [0.2, 0.25) is 0 Å². The molecule has 5 nitrogen and oxygen atoms in total. The predicted molar refractivity (Wildman–Crippen MR) is 94.5 cm³/mol. The highest BCUT2D eigenvalue weighted by Crippen LogP contribution is 2.23. The van der Waals surface area contributed by atoms with E-state index in [2.05, 4.69) is 16.8 Å². The molecule has 0 amide bonds. The highest BCUT2D eigenvalue weighted by Gasteiger charge is 2.21. The standard InChI is InChI=1S/C17H25N5S/c1-3-21(15-9-5-4-6-10-15)13-22-17(23)20(2)16(19-22)14-8-7-11-18-12-14/h7-8,11-12,15H,3-6,9-10,13H2,1-2H3. The van der Waals surface area contributed by atoms with Gasteiger partial charge in [0, 0.05) is 31.0 Å². The zero-order valence-electron chi connectivity index (χ0n) is 14.0. The zero-order valence-corrected chi connectivity index (χ0v) is 14.8. The molecule has 124 valence electrons. The molecule has 0 radical (unpaired) electrons. The van der Waals surface area contributed by atoms with Crippen LogP contribution in [0.25, 0.3) is 11.4 Å². The summed E-state index contributed by atoms with van der Waals surface area (Å²) in [5.41, 5.74) is 1.00. The molecule has 1 fully saturated rings. The van der Waals surface area contributed by atoms with Crippen molar-refractivity contribution in [2.24, 2.45) is 7.05 Å². The normalized spacial score (nSPS) is 16.1. The molecule has 2 aromatic rings. The van der Waals surface area contributed by atoms with Crippen LogP contribution in [0.3, 0.4) is 0 Å². The molecule has 0 aromatic carbocycles. The van der Waals surface area contributed by atoms with Crippen molar-refractivity contribution in [3.05, 3.63) is 29.3 Å². The summed E-state index contributed by atoms with van der Waals surface area (Å²) < 4.78 is 4.69. The van der Waals surface area contributed by atoms with E-state index in [1.165, 1.54) is 32.1 Å². The lowest BCUT2D eigenvalue weighted by Gasteiger charge is -2.33. The van der Waals surface area contributed by atoms with Crippen LogP contribution in [0.2, 0.25) is 0 Å². The van der Waals surface area contributed by atoms with E-state index in [1.54, 1.807) is 6.20 Å². The topological polar surface area (TPSA) is 38.9 Å². The molecule has 0 bridgehead atoms. The molecule has 23 heavy (non-hydrogen) atoms. The molecule has 0 saturated heterocycles. The number of rotatable bonds is 5. The second-order valence-electron chi connectivity index (χ2n) is 6.24. The van der Waals surface area contributed by atoms with Crippen LogP contribution >= 0.6 is 12.2 Å². The van der Waals surface area contributed by atoms with Crippen molar-refractivity contribution in [3.8, 4) is 11.4 Å². The maximum atomic E-state index is 5.60. The third-order valence-corrected chi connectivity index (χ3v) is 5.26. The summed E-state index contributed by atoms with van der Waals surface area (Å²) in [5, 5.41) is 4.76. The molecule has 1 aliphatic carbocycles. The molecule has 0 aliphatic heterocycles. The average molecular weight is 331 g/mol. The van der Waals surface area contributed by atoms with Gasteiger partial charge in [0.05, 0.1) is 6.67 Å². The Morgan fingerprint density at radius 3 is 2.74 bits per heavy atom. The van der Waals surface area contributed by atoms with E-state index in [0.29, 0.717) is 6.04 Å². The van der Waals surface area contributed by atoms with Crippen LogP contribution < -0.4 is 0 Å². The Balaban J connectivity index is 1.84. The number of pyridine rings is 1. The molecular weight excluding hydrogens is 306 g/mol. The SMILES string of the molecule is CCN(Cn1nc(-c2cccnc2)n(C)c1=S)C1CCCCC1. The Bertz CT molecular complexity index is 685. The first kappa shape index (κ1) is 16.3. The fourth-order valence-electron chi connectivity index (χ4n) is 3.42. The van der Waals surface area contributed by atoms with Crippen molar-refractivity contribution in [1.29, 1.82) is 0 Å². The number of hydrogen-bond acceptors (Lipinski definition) is 4.